The average molecular weight is 166 g/mol. The van der Waals surface area contributed by atoms with Crippen LogP contribution in [0.2, 0.25) is 0 Å². The van der Waals surface area contributed by atoms with Gasteiger partial charge in [0, 0.05) is 21.7 Å². The standard InChI is InChI=1S/CCl3.Ti/c2-1(3)4;/q-1;. The molecule has 0 aromatic heterocycles. The topological polar surface area (TPSA) is 0 Å². The van der Waals surface area contributed by atoms with E-state index < -0.39 is 0 Å². The van der Waals surface area contributed by atoms with Crippen LogP contribution in [-0.2, 0) is 21.7 Å². The van der Waals surface area contributed by atoms with E-state index in [9.17, 15) is 0 Å². The first-order valence-corrected chi connectivity index (χ1v) is 1.70. The number of hydrogen-bond donors (Lipinski definition) is 0. The molecule has 0 atom stereocenters. The molecule has 0 saturated carbocycles. The molecule has 0 spiro atoms. The van der Waals surface area contributed by atoms with Crippen molar-refractivity contribution in [1.29, 1.82) is 0 Å². The van der Waals surface area contributed by atoms with E-state index in [0.717, 1.165) is 0 Å². The quantitative estimate of drug-likeness (QED) is 0.382. The zero-order valence-corrected chi connectivity index (χ0v) is 5.96. The largest absolute Gasteiger partial charge is 0.312 e. The molecule has 0 aliphatic rings. The van der Waals surface area contributed by atoms with E-state index in [1.54, 1.807) is 0 Å². The van der Waals surface area contributed by atoms with Crippen molar-refractivity contribution in [3.05, 3.63) is 4.30 Å². The van der Waals surface area contributed by atoms with Crippen molar-refractivity contribution in [3.63, 3.8) is 0 Å². The SMILES string of the molecule is Cl[C-](Cl)Cl.[Ti]. The molecule has 0 fully saturated rings. The third-order valence-corrected chi connectivity index (χ3v) is 0. The summed E-state index contributed by atoms with van der Waals surface area (Å²) in [6.07, 6.45) is 0. The molecule has 0 amide bonds. The van der Waals surface area contributed by atoms with Crippen molar-refractivity contribution in [2.75, 3.05) is 0 Å². The van der Waals surface area contributed by atoms with E-state index in [-0.39, 0.29) is 26.0 Å². The molecule has 0 unspecified atom stereocenters. The first-order chi connectivity index (χ1) is 1.73. The third-order valence-electron chi connectivity index (χ3n) is 0. The summed E-state index contributed by atoms with van der Waals surface area (Å²) < 4.78 is -0.167. The van der Waals surface area contributed by atoms with Gasteiger partial charge in [-0.3, -0.25) is 0 Å². The van der Waals surface area contributed by atoms with Crippen LogP contribution in [0.15, 0.2) is 0 Å². The van der Waals surface area contributed by atoms with Crippen LogP contribution in [0.25, 0.3) is 0 Å². The fraction of sp³-hybridized carbons (Fsp3) is 0. The third kappa shape index (κ3) is 28.6. The molecule has 0 aromatic carbocycles. The molecule has 4 heteroatoms. The van der Waals surface area contributed by atoms with Crippen molar-refractivity contribution in [3.8, 4) is 0 Å². The van der Waals surface area contributed by atoms with Crippen LogP contribution < -0.4 is 0 Å². The molecule has 0 aromatic rings. The van der Waals surface area contributed by atoms with Gasteiger partial charge >= 0.3 is 0 Å². The fourth-order valence-corrected chi connectivity index (χ4v) is 0. The fourth-order valence-electron chi connectivity index (χ4n) is 0. The molecule has 0 bridgehead atoms. The van der Waals surface area contributed by atoms with E-state index in [0.29, 0.717) is 0 Å². The van der Waals surface area contributed by atoms with E-state index in [1.807, 2.05) is 0 Å². The van der Waals surface area contributed by atoms with Crippen molar-refractivity contribution in [2.45, 2.75) is 0 Å². The van der Waals surface area contributed by atoms with Gasteiger partial charge in [-0.2, -0.15) is 0 Å². The maximum atomic E-state index is 4.72. The Balaban J connectivity index is 0. The molecule has 0 heterocycles. The van der Waals surface area contributed by atoms with Crippen molar-refractivity contribution in [1.82, 2.24) is 0 Å². The van der Waals surface area contributed by atoms with Gasteiger partial charge in [0.1, 0.15) is 0 Å². The predicted octanol–water partition coefficient (Wildman–Crippen LogP) is 2.15. The normalized spacial score (nSPS) is 7.20. The summed E-state index contributed by atoms with van der Waals surface area (Å²) in [5.41, 5.74) is 0. The number of halogens is 3. The Morgan fingerprint density at radius 3 is 1.00 bits per heavy atom. The average Bonchev–Trinajstić information content (AvgIpc) is 0.811. The van der Waals surface area contributed by atoms with Crippen LogP contribution in [0.4, 0.5) is 0 Å². The van der Waals surface area contributed by atoms with Gasteiger partial charge in [-0.15, -0.1) is 0 Å². The van der Waals surface area contributed by atoms with E-state index in [2.05, 4.69) is 0 Å². The molecule has 0 rings (SSSR count). The van der Waals surface area contributed by atoms with Gasteiger partial charge in [0.2, 0.25) is 0 Å². The van der Waals surface area contributed by atoms with Gasteiger partial charge in [0.25, 0.3) is 0 Å². The Labute approximate surface area is 60.7 Å². The summed E-state index contributed by atoms with van der Waals surface area (Å²) in [6, 6.07) is 0. The Hall–Kier alpha value is 1.58. The Morgan fingerprint density at radius 1 is 1.00 bits per heavy atom. The molecular formula is CCl3Ti-. The van der Waals surface area contributed by atoms with Crippen molar-refractivity contribution < 1.29 is 21.7 Å². The Kier molecular flexibility index (Phi) is 10.9. The van der Waals surface area contributed by atoms with Crippen LogP contribution in [0.3, 0.4) is 0 Å². The minimum absolute atomic E-state index is 0. The van der Waals surface area contributed by atoms with Crippen LogP contribution in [0.1, 0.15) is 0 Å². The summed E-state index contributed by atoms with van der Waals surface area (Å²) in [5.74, 6) is 0. The maximum absolute atomic E-state index is 4.72. The van der Waals surface area contributed by atoms with Gasteiger partial charge in [-0.25, -0.2) is 0 Å². The van der Waals surface area contributed by atoms with Crippen LogP contribution in [0, 0.1) is 4.30 Å². The van der Waals surface area contributed by atoms with Crippen molar-refractivity contribution in [2.24, 2.45) is 0 Å². The Bertz CT molecular complexity index is 11.6. The summed E-state index contributed by atoms with van der Waals surface area (Å²) in [6.45, 7) is 0. The van der Waals surface area contributed by atoms with Gasteiger partial charge in [-0.05, 0) is 0 Å². The van der Waals surface area contributed by atoms with Crippen LogP contribution in [-0.4, -0.2) is 0 Å². The summed E-state index contributed by atoms with van der Waals surface area (Å²) in [4.78, 5) is 0. The zero-order chi connectivity index (χ0) is 3.58. The van der Waals surface area contributed by atoms with Gasteiger partial charge in [0.15, 0.2) is 0 Å². The van der Waals surface area contributed by atoms with Crippen LogP contribution in [0.5, 0.6) is 0 Å². The molecular weight excluding hydrogens is 166 g/mol. The van der Waals surface area contributed by atoms with Crippen molar-refractivity contribution >= 4 is 34.8 Å². The summed E-state index contributed by atoms with van der Waals surface area (Å²) in [7, 11) is 0. The maximum Gasteiger partial charge on any atom is 0 e. The van der Waals surface area contributed by atoms with E-state index >= 15 is 0 Å². The summed E-state index contributed by atoms with van der Waals surface area (Å²) >= 11 is 14.2. The van der Waals surface area contributed by atoms with Crippen LogP contribution >= 0.6 is 34.8 Å². The molecule has 0 aliphatic heterocycles. The number of hydrogen-bond acceptors (Lipinski definition) is 0. The Morgan fingerprint density at radius 2 is 1.00 bits per heavy atom. The second kappa shape index (κ2) is 5.58. The second-order valence-corrected chi connectivity index (χ2v) is 1.93. The second-order valence-electron chi connectivity index (χ2n) is 0.214. The molecule has 0 N–H and O–H groups in total. The number of rotatable bonds is 0. The molecule has 30 valence electrons. The van der Waals surface area contributed by atoms with E-state index in [1.165, 1.54) is 0 Å². The predicted molar refractivity (Wildman–Crippen MR) is 20.8 cm³/mol. The molecule has 0 radical (unpaired) electrons. The first kappa shape index (κ1) is 9.77. The minimum Gasteiger partial charge on any atom is -0.312 e. The molecule has 0 aliphatic carbocycles. The molecule has 0 nitrogen and oxygen atoms in total. The monoisotopic (exact) mass is 165 g/mol. The van der Waals surface area contributed by atoms with E-state index in [4.69, 9.17) is 34.8 Å². The molecule has 0 saturated heterocycles. The minimum atomic E-state index is -0.167. The van der Waals surface area contributed by atoms with Gasteiger partial charge in [0.05, 0.1) is 0 Å². The van der Waals surface area contributed by atoms with Gasteiger partial charge in [-0.1, -0.05) is 4.30 Å². The zero-order valence-electron chi connectivity index (χ0n) is 2.13. The first-order valence-electron chi connectivity index (χ1n) is 0.567. The molecule has 5 heavy (non-hydrogen) atoms. The summed E-state index contributed by atoms with van der Waals surface area (Å²) in [5, 5.41) is 0. The smallest absolute Gasteiger partial charge is 0 e. The van der Waals surface area contributed by atoms with Gasteiger partial charge < -0.3 is 34.8 Å².